The number of hydrogen-bond donors (Lipinski definition) is 3. The van der Waals surface area contributed by atoms with Gasteiger partial charge in [0.1, 0.15) is 10.6 Å². The van der Waals surface area contributed by atoms with E-state index in [0.717, 1.165) is 10.2 Å². The van der Waals surface area contributed by atoms with Crippen molar-refractivity contribution in [2.75, 3.05) is 23.8 Å². The van der Waals surface area contributed by atoms with Crippen LogP contribution in [-0.2, 0) is 9.53 Å². The summed E-state index contributed by atoms with van der Waals surface area (Å²) in [6, 6.07) is 8.89. The van der Waals surface area contributed by atoms with E-state index in [9.17, 15) is 9.59 Å². The molecule has 1 aliphatic rings. The van der Waals surface area contributed by atoms with E-state index in [1.807, 2.05) is 11.4 Å². The Morgan fingerprint density at radius 1 is 1.15 bits per heavy atom. The number of amides is 2. The number of thiophene rings is 1. The molecule has 7 nitrogen and oxygen atoms in total. The third kappa shape index (κ3) is 3.33. The minimum atomic E-state index is -0.301. The Hall–Kier alpha value is -2.71. The average Bonchev–Trinajstić information content (AvgIpc) is 3.28. The summed E-state index contributed by atoms with van der Waals surface area (Å²) < 4.78 is 5.30. The predicted octanol–water partition coefficient (Wildman–Crippen LogP) is 3.24. The number of nitrogens with zero attached hydrogens (tertiary/aromatic N) is 1. The number of aromatic nitrogens is 2. The molecule has 26 heavy (non-hydrogen) atoms. The molecule has 1 aromatic carbocycles. The molecular formula is C18H18N4O3S. The number of anilines is 2. The van der Waals surface area contributed by atoms with E-state index in [0.29, 0.717) is 43.1 Å². The second kappa shape index (κ2) is 7.27. The Kier molecular flexibility index (Phi) is 4.68. The van der Waals surface area contributed by atoms with Crippen LogP contribution in [0, 0.1) is 5.92 Å². The van der Waals surface area contributed by atoms with Crippen molar-refractivity contribution in [1.29, 1.82) is 0 Å². The minimum absolute atomic E-state index is 0.0738. The van der Waals surface area contributed by atoms with E-state index in [1.54, 1.807) is 24.3 Å². The van der Waals surface area contributed by atoms with Crippen molar-refractivity contribution in [2.45, 2.75) is 12.8 Å². The van der Waals surface area contributed by atoms with Crippen molar-refractivity contribution in [1.82, 2.24) is 10.2 Å². The van der Waals surface area contributed by atoms with Crippen LogP contribution in [0.15, 0.2) is 35.7 Å². The van der Waals surface area contributed by atoms with Gasteiger partial charge in [0, 0.05) is 19.1 Å². The molecule has 4 rings (SSSR count). The zero-order valence-electron chi connectivity index (χ0n) is 14.0. The van der Waals surface area contributed by atoms with Crippen LogP contribution < -0.4 is 10.6 Å². The van der Waals surface area contributed by atoms with Crippen molar-refractivity contribution < 1.29 is 14.3 Å². The number of hydrogen-bond acceptors (Lipinski definition) is 5. The Morgan fingerprint density at radius 3 is 2.81 bits per heavy atom. The highest BCUT2D eigenvalue weighted by atomic mass is 32.1. The first-order chi connectivity index (χ1) is 12.7. The number of para-hydroxylation sites is 1. The normalized spacial score (nSPS) is 15.1. The van der Waals surface area contributed by atoms with Gasteiger partial charge < -0.3 is 15.4 Å². The van der Waals surface area contributed by atoms with E-state index >= 15 is 0 Å². The summed E-state index contributed by atoms with van der Waals surface area (Å²) >= 11 is 1.50. The largest absolute Gasteiger partial charge is 0.381 e. The van der Waals surface area contributed by atoms with E-state index < -0.39 is 0 Å². The topological polar surface area (TPSA) is 96.1 Å². The summed E-state index contributed by atoms with van der Waals surface area (Å²) in [5.74, 6) is 0.0923. The molecule has 134 valence electrons. The molecule has 0 atom stereocenters. The molecule has 0 radical (unpaired) electrons. The van der Waals surface area contributed by atoms with Crippen molar-refractivity contribution in [3.8, 4) is 0 Å². The van der Waals surface area contributed by atoms with Crippen LogP contribution in [0.3, 0.4) is 0 Å². The van der Waals surface area contributed by atoms with E-state index in [2.05, 4.69) is 20.8 Å². The smallest absolute Gasteiger partial charge is 0.258 e. The first kappa shape index (κ1) is 16.7. The SMILES string of the molecule is O=C(Nc1[nH]nc2sccc12)c1ccccc1NC(=O)C1CCOCC1. The summed E-state index contributed by atoms with van der Waals surface area (Å²) in [5.41, 5.74) is 0.911. The lowest BCUT2D eigenvalue weighted by atomic mass is 9.99. The maximum absolute atomic E-state index is 12.7. The molecular weight excluding hydrogens is 352 g/mol. The Morgan fingerprint density at radius 2 is 1.96 bits per heavy atom. The summed E-state index contributed by atoms with van der Waals surface area (Å²) in [4.78, 5) is 26.1. The molecule has 3 aromatic rings. The number of fused-ring (bicyclic) bond motifs is 1. The lowest BCUT2D eigenvalue weighted by Crippen LogP contribution is -2.29. The molecule has 2 amide bonds. The van der Waals surface area contributed by atoms with Gasteiger partial charge in [0.15, 0.2) is 0 Å². The summed E-state index contributed by atoms with van der Waals surface area (Å²) in [6.07, 6.45) is 1.40. The summed E-state index contributed by atoms with van der Waals surface area (Å²) in [7, 11) is 0. The Labute approximate surface area is 153 Å². The van der Waals surface area contributed by atoms with E-state index in [4.69, 9.17) is 4.74 Å². The first-order valence-corrected chi connectivity index (χ1v) is 9.31. The van der Waals surface area contributed by atoms with Gasteiger partial charge in [-0.3, -0.25) is 14.7 Å². The van der Waals surface area contributed by atoms with Crippen molar-refractivity contribution >= 4 is 44.9 Å². The molecule has 1 aliphatic heterocycles. The molecule has 2 aromatic heterocycles. The van der Waals surface area contributed by atoms with Crippen molar-refractivity contribution in [2.24, 2.45) is 5.92 Å². The molecule has 0 bridgehead atoms. The number of benzene rings is 1. The number of rotatable bonds is 4. The minimum Gasteiger partial charge on any atom is -0.381 e. The van der Waals surface area contributed by atoms with Gasteiger partial charge in [-0.25, -0.2) is 0 Å². The zero-order chi connectivity index (χ0) is 17.9. The van der Waals surface area contributed by atoms with Crippen LogP contribution in [0.5, 0.6) is 0 Å². The van der Waals surface area contributed by atoms with Crippen molar-refractivity contribution in [3.05, 3.63) is 41.3 Å². The average molecular weight is 370 g/mol. The van der Waals surface area contributed by atoms with Gasteiger partial charge >= 0.3 is 0 Å². The second-order valence-electron chi connectivity index (χ2n) is 6.11. The van der Waals surface area contributed by atoms with E-state index in [-0.39, 0.29) is 17.7 Å². The maximum atomic E-state index is 12.7. The molecule has 3 N–H and O–H groups in total. The Bertz CT molecular complexity index is 943. The van der Waals surface area contributed by atoms with Crippen LogP contribution in [0.2, 0.25) is 0 Å². The third-order valence-corrected chi connectivity index (χ3v) is 5.25. The molecule has 0 spiro atoms. The van der Waals surface area contributed by atoms with Crippen LogP contribution in [0.25, 0.3) is 10.2 Å². The summed E-state index contributed by atoms with van der Waals surface area (Å²) in [6.45, 7) is 1.19. The van der Waals surface area contributed by atoms with Crippen LogP contribution in [-0.4, -0.2) is 35.2 Å². The van der Waals surface area contributed by atoms with Gasteiger partial charge in [-0.15, -0.1) is 11.3 Å². The van der Waals surface area contributed by atoms with Gasteiger partial charge in [-0.1, -0.05) is 12.1 Å². The monoisotopic (exact) mass is 370 g/mol. The predicted molar refractivity (Wildman–Crippen MR) is 101 cm³/mol. The molecule has 0 saturated carbocycles. The molecule has 0 unspecified atom stereocenters. The van der Waals surface area contributed by atoms with Gasteiger partial charge in [0.25, 0.3) is 5.91 Å². The fourth-order valence-electron chi connectivity index (χ4n) is 3.01. The molecule has 1 saturated heterocycles. The molecule has 0 aliphatic carbocycles. The number of nitrogens with one attached hydrogen (secondary N) is 3. The number of H-pyrrole nitrogens is 1. The number of aromatic amines is 1. The highest BCUT2D eigenvalue weighted by Gasteiger charge is 2.23. The van der Waals surface area contributed by atoms with Gasteiger partial charge in [0.05, 0.1) is 16.6 Å². The fraction of sp³-hybridized carbons (Fsp3) is 0.278. The van der Waals surface area contributed by atoms with Crippen molar-refractivity contribution in [3.63, 3.8) is 0 Å². The molecule has 1 fully saturated rings. The number of carbonyl (C=O) groups is 2. The number of carbonyl (C=O) groups excluding carboxylic acids is 2. The van der Waals surface area contributed by atoms with Gasteiger partial charge in [0.2, 0.25) is 5.91 Å². The van der Waals surface area contributed by atoms with Crippen LogP contribution in [0.1, 0.15) is 23.2 Å². The second-order valence-corrected chi connectivity index (χ2v) is 7.01. The Balaban J connectivity index is 1.52. The lowest BCUT2D eigenvalue weighted by molar-refractivity contribution is -0.122. The molecule has 3 heterocycles. The highest BCUT2D eigenvalue weighted by molar-refractivity contribution is 7.16. The van der Waals surface area contributed by atoms with Gasteiger partial charge in [-0.2, -0.15) is 5.10 Å². The van der Waals surface area contributed by atoms with Gasteiger partial charge in [-0.05, 0) is 36.4 Å². The quantitative estimate of drug-likeness (QED) is 0.657. The highest BCUT2D eigenvalue weighted by Crippen LogP contribution is 2.26. The molecule has 8 heteroatoms. The third-order valence-electron chi connectivity index (χ3n) is 4.44. The first-order valence-electron chi connectivity index (χ1n) is 8.43. The van der Waals surface area contributed by atoms with E-state index in [1.165, 1.54) is 11.3 Å². The summed E-state index contributed by atoms with van der Waals surface area (Å²) in [5, 5.41) is 15.5. The number of ether oxygens (including phenoxy) is 1. The fourth-order valence-corrected chi connectivity index (χ4v) is 3.73. The standard InChI is InChI=1S/C18H18N4O3S/c23-16(11-5-8-25-9-6-11)19-14-4-2-1-3-12(14)17(24)20-15-13-7-10-26-18(13)22-21-15/h1-4,7,10-11H,5-6,8-9H2,(H,19,23)(H2,20,21,22,24). The van der Waals surface area contributed by atoms with Crippen LogP contribution >= 0.6 is 11.3 Å². The lowest BCUT2D eigenvalue weighted by Gasteiger charge is -2.21. The van der Waals surface area contributed by atoms with Crippen LogP contribution in [0.4, 0.5) is 11.5 Å². The zero-order valence-corrected chi connectivity index (χ0v) is 14.8. The maximum Gasteiger partial charge on any atom is 0.258 e.